The van der Waals surface area contributed by atoms with Crippen LogP contribution < -0.4 is 0 Å². The van der Waals surface area contributed by atoms with Crippen molar-refractivity contribution in [1.29, 1.82) is 5.26 Å². The predicted octanol–water partition coefficient (Wildman–Crippen LogP) is 3.33. The smallest absolute Gasteiger partial charge is 0.194 e. The van der Waals surface area contributed by atoms with Crippen molar-refractivity contribution in [2.75, 3.05) is 13.2 Å². The fraction of sp³-hybridized carbons (Fsp3) is 0.812. The second kappa shape index (κ2) is 5.52. The van der Waals surface area contributed by atoms with Crippen molar-refractivity contribution in [2.24, 2.45) is 11.3 Å². The maximum Gasteiger partial charge on any atom is 0.194 e. The molecule has 2 fully saturated rings. The minimum Gasteiger partial charge on any atom is -0.399 e. The van der Waals surface area contributed by atoms with E-state index in [1.165, 1.54) is 0 Å². The molecule has 0 spiro atoms. The van der Waals surface area contributed by atoms with Gasteiger partial charge < -0.3 is 9.16 Å². The maximum absolute atomic E-state index is 9.70. The van der Waals surface area contributed by atoms with Gasteiger partial charge in [-0.3, -0.25) is 0 Å². The Kier molecular flexibility index (Phi) is 4.30. The summed E-state index contributed by atoms with van der Waals surface area (Å²) in [6, 6.07) is 5.61. The Morgan fingerprint density at radius 1 is 1.30 bits per heavy atom. The lowest BCUT2D eigenvalue weighted by atomic mass is 9.69. The van der Waals surface area contributed by atoms with E-state index in [9.17, 15) is 5.26 Å². The Morgan fingerprint density at radius 3 is 2.10 bits per heavy atom. The predicted molar refractivity (Wildman–Crippen MR) is 81.4 cm³/mol. The van der Waals surface area contributed by atoms with Crippen molar-refractivity contribution < 1.29 is 9.16 Å². The summed E-state index contributed by atoms with van der Waals surface area (Å²) >= 11 is 0. The van der Waals surface area contributed by atoms with Gasteiger partial charge >= 0.3 is 0 Å². The average Bonchev–Trinajstić information content (AvgIpc) is 3.27. The average molecular weight is 291 g/mol. The first-order valence-corrected chi connectivity index (χ1v) is 10.3. The van der Waals surface area contributed by atoms with Gasteiger partial charge in [0.2, 0.25) is 0 Å². The third kappa shape index (κ3) is 2.11. The molecule has 2 rings (SSSR count). The first-order chi connectivity index (χ1) is 9.57. The Labute approximate surface area is 123 Å². The minimum absolute atomic E-state index is 0.340. The van der Waals surface area contributed by atoms with Crippen LogP contribution in [-0.4, -0.2) is 27.1 Å². The first-order valence-electron chi connectivity index (χ1n) is 7.74. The Balaban J connectivity index is 2.39. The fourth-order valence-corrected chi connectivity index (χ4v) is 6.36. The largest absolute Gasteiger partial charge is 0.399 e. The van der Waals surface area contributed by atoms with E-state index in [4.69, 9.17) is 15.6 Å². The maximum atomic E-state index is 9.70. The molecule has 0 aromatic heterocycles. The SMILES string of the molecule is C#C[C@@](O[Si](CC)(CC)CC)(C1CC1)C1(C#N)COC1. The summed E-state index contributed by atoms with van der Waals surface area (Å²) in [4.78, 5) is 0. The molecule has 4 heteroatoms. The molecule has 1 heterocycles. The zero-order chi connectivity index (χ0) is 14.9. The molecular weight excluding hydrogens is 266 g/mol. The zero-order valence-corrected chi connectivity index (χ0v) is 13.9. The van der Waals surface area contributed by atoms with Gasteiger partial charge in [0.1, 0.15) is 11.0 Å². The van der Waals surface area contributed by atoms with Gasteiger partial charge in [-0.05, 0) is 31.0 Å². The number of hydrogen-bond acceptors (Lipinski definition) is 3. The third-order valence-corrected chi connectivity index (χ3v) is 9.92. The lowest BCUT2D eigenvalue weighted by Gasteiger charge is -2.52. The molecule has 1 aliphatic heterocycles. The van der Waals surface area contributed by atoms with Gasteiger partial charge in [0, 0.05) is 5.92 Å². The topological polar surface area (TPSA) is 42.2 Å². The molecule has 0 unspecified atom stereocenters. The van der Waals surface area contributed by atoms with Crippen molar-refractivity contribution in [3.63, 3.8) is 0 Å². The van der Waals surface area contributed by atoms with E-state index in [1.54, 1.807) is 0 Å². The monoisotopic (exact) mass is 291 g/mol. The van der Waals surface area contributed by atoms with Crippen LogP contribution in [0.15, 0.2) is 0 Å². The molecule has 1 saturated heterocycles. The number of nitrogens with zero attached hydrogens (tertiary/aromatic N) is 1. The van der Waals surface area contributed by atoms with E-state index in [1.807, 2.05) is 0 Å². The molecule has 0 bridgehead atoms. The molecule has 1 aliphatic carbocycles. The van der Waals surface area contributed by atoms with E-state index in [2.05, 4.69) is 32.8 Å². The molecule has 110 valence electrons. The normalized spacial score (nSPS) is 24.1. The summed E-state index contributed by atoms with van der Waals surface area (Å²) in [5, 5.41) is 9.70. The summed E-state index contributed by atoms with van der Waals surface area (Å²) in [5.41, 5.74) is -1.34. The van der Waals surface area contributed by atoms with Gasteiger partial charge in [-0.2, -0.15) is 5.26 Å². The van der Waals surface area contributed by atoms with Gasteiger partial charge in [0.25, 0.3) is 0 Å². The third-order valence-electron chi connectivity index (χ3n) is 5.30. The van der Waals surface area contributed by atoms with Crippen molar-refractivity contribution in [2.45, 2.75) is 57.3 Å². The summed E-state index contributed by atoms with van der Waals surface area (Å²) in [6.07, 6.45) is 8.09. The molecule has 1 saturated carbocycles. The van der Waals surface area contributed by atoms with Gasteiger partial charge in [-0.1, -0.05) is 26.7 Å². The molecule has 0 aromatic carbocycles. The van der Waals surface area contributed by atoms with Crippen LogP contribution in [0.5, 0.6) is 0 Å². The van der Waals surface area contributed by atoms with Crippen molar-refractivity contribution in [3.05, 3.63) is 0 Å². The molecule has 0 aromatic rings. The van der Waals surface area contributed by atoms with E-state index in [0.717, 1.165) is 31.0 Å². The van der Waals surface area contributed by atoms with E-state index in [-0.39, 0.29) is 0 Å². The highest BCUT2D eigenvalue weighted by Crippen LogP contribution is 2.55. The summed E-state index contributed by atoms with van der Waals surface area (Å²) in [6.45, 7) is 7.44. The second-order valence-corrected chi connectivity index (χ2v) is 10.9. The van der Waals surface area contributed by atoms with Gasteiger partial charge in [0.15, 0.2) is 8.32 Å². The van der Waals surface area contributed by atoms with Crippen molar-refractivity contribution >= 4 is 8.32 Å². The summed E-state index contributed by atoms with van der Waals surface area (Å²) < 4.78 is 12.1. The van der Waals surface area contributed by atoms with E-state index < -0.39 is 19.3 Å². The number of terminal acetylenes is 1. The van der Waals surface area contributed by atoms with Crippen molar-refractivity contribution in [3.8, 4) is 18.4 Å². The second-order valence-electron chi connectivity index (χ2n) is 6.19. The Morgan fingerprint density at radius 2 is 1.85 bits per heavy atom. The molecule has 20 heavy (non-hydrogen) atoms. The highest BCUT2D eigenvalue weighted by Gasteiger charge is 2.65. The molecule has 0 N–H and O–H groups in total. The Hall–Kier alpha value is -0.813. The fourth-order valence-electron chi connectivity index (χ4n) is 3.32. The minimum atomic E-state index is -1.85. The van der Waals surface area contributed by atoms with Crippen LogP contribution in [0.25, 0.3) is 0 Å². The van der Waals surface area contributed by atoms with Crippen LogP contribution in [0.1, 0.15) is 33.6 Å². The molecular formula is C16H25NO2Si. The first kappa shape index (κ1) is 15.6. The molecule has 2 aliphatic rings. The molecule has 3 nitrogen and oxygen atoms in total. The number of nitriles is 1. The number of rotatable bonds is 7. The molecule has 1 atom stereocenters. The number of ether oxygens (including phenoxy) is 1. The molecule has 0 radical (unpaired) electrons. The zero-order valence-electron chi connectivity index (χ0n) is 12.9. The molecule has 0 amide bonds. The van der Waals surface area contributed by atoms with Crippen LogP contribution in [-0.2, 0) is 9.16 Å². The Bertz CT molecular complexity index is 430. The lowest BCUT2D eigenvalue weighted by molar-refractivity contribution is -0.167. The van der Waals surface area contributed by atoms with Crippen molar-refractivity contribution in [1.82, 2.24) is 0 Å². The number of hydrogen-bond donors (Lipinski definition) is 0. The van der Waals surface area contributed by atoms with E-state index >= 15 is 0 Å². The summed E-state index contributed by atoms with van der Waals surface area (Å²) in [7, 11) is -1.85. The lowest BCUT2D eigenvalue weighted by Crippen LogP contribution is -2.64. The van der Waals surface area contributed by atoms with Crippen LogP contribution in [0, 0.1) is 35.0 Å². The van der Waals surface area contributed by atoms with Crippen LogP contribution in [0.4, 0.5) is 0 Å². The van der Waals surface area contributed by atoms with Gasteiger partial charge in [-0.25, -0.2) is 0 Å². The van der Waals surface area contributed by atoms with Crippen LogP contribution >= 0.6 is 0 Å². The van der Waals surface area contributed by atoms with Gasteiger partial charge in [-0.15, -0.1) is 6.42 Å². The van der Waals surface area contributed by atoms with Gasteiger partial charge in [0.05, 0.1) is 19.3 Å². The van der Waals surface area contributed by atoms with E-state index in [0.29, 0.717) is 19.1 Å². The highest BCUT2D eigenvalue weighted by atomic mass is 28.4. The standard InChI is InChI=1S/C16H25NO2Si/c1-5-16(14-9-10-14,15(11-17)12-18-13-15)19-20(6-2,7-3)8-4/h1,14H,6-10,12-13H2,2-4H3/t16-/m1/s1. The van der Waals surface area contributed by atoms with Crippen LogP contribution in [0.3, 0.4) is 0 Å². The quantitative estimate of drug-likeness (QED) is 0.534. The summed E-state index contributed by atoms with van der Waals surface area (Å²) in [5.74, 6) is 3.28. The highest BCUT2D eigenvalue weighted by molar-refractivity contribution is 6.73. The van der Waals surface area contributed by atoms with Crippen LogP contribution in [0.2, 0.25) is 18.1 Å².